The van der Waals surface area contributed by atoms with Gasteiger partial charge < -0.3 is 5.32 Å². The number of anilines is 2. The van der Waals surface area contributed by atoms with Crippen molar-refractivity contribution in [2.75, 3.05) is 5.32 Å². The number of aryl methyl sites for hydroxylation is 1. The van der Waals surface area contributed by atoms with E-state index in [0.717, 1.165) is 10.2 Å². The summed E-state index contributed by atoms with van der Waals surface area (Å²) in [6.07, 6.45) is 0.642. The van der Waals surface area contributed by atoms with Crippen molar-refractivity contribution < 1.29 is 4.79 Å². The van der Waals surface area contributed by atoms with Crippen LogP contribution in [0.4, 0.5) is 11.5 Å². The van der Waals surface area contributed by atoms with Crippen LogP contribution in [0.25, 0.3) is 0 Å². The summed E-state index contributed by atoms with van der Waals surface area (Å²) in [6.45, 7) is 1.72. The second-order valence-corrected chi connectivity index (χ2v) is 4.85. The fourth-order valence-electron chi connectivity index (χ4n) is 1.42. The highest BCUT2D eigenvalue weighted by atomic mass is 79.9. The second-order valence-electron chi connectivity index (χ2n) is 3.57. The lowest BCUT2D eigenvalue weighted by Crippen LogP contribution is -2.03. The molecular weight excluding hydrogens is 318 g/mol. The Morgan fingerprint density at radius 3 is 2.56 bits per heavy atom. The number of aldehydes is 1. The van der Waals surface area contributed by atoms with Crippen LogP contribution in [0.3, 0.4) is 0 Å². The van der Waals surface area contributed by atoms with E-state index in [4.69, 9.17) is 11.6 Å². The number of aromatic nitrogens is 2. The fraction of sp³-hybridized carbons (Fsp3) is 0.0833. The average Bonchev–Trinajstić information content (AvgIpc) is 2.32. The van der Waals surface area contributed by atoms with Crippen LogP contribution >= 0.6 is 27.5 Å². The maximum atomic E-state index is 11.0. The van der Waals surface area contributed by atoms with Crippen molar-refractivity contribution in [3.8, 4) is 0 Å². The Labute approximate surface area is 118 Å². The van der Waals surface area contributed by atoms with Crippen molar-refractivity contribution in [3.05, 3.63) is 45.3 Å². The van der Waals surface area contributed by atoms with Gasteiger partial charge >= 0.3 is 0 Å². The van der Waals surface area contributed by atoms with E-state index in [0.29, 0.717) is 17.9 Å². The van der Waals surface area contributed by atoms with E-state index in [9.17, 15) is 4.79 Å². The molecule has 2 aromatic rings. The lowest BCUT2D eigenvalue weighted by Gasteiger charge is -2.09. The number of nitrogens with one attached hydrogen (secondary N) is 1. The number of halogens is 2. The average molecular weight is 327 g/mol. The molecule has 18 heavy (non-hydrogen) atoms. The van der Waals surface area contributed by atoms with Crippen LogP contribution in [0.15, 0.2) is 28.7 Å². The molecule has 0 spiro atoms. The minimum Gasteiger partial charge on any atom is -0.339 e. The predicted molar refractivity (Wildman–Crippen MR) is 74.6 cm³/mol. The van der Waals surface area contributed by atoms with E-state index in [2.05, 4.69) is 31.2 Å². The molecule has 0 aliphatic heterocycles. The van der Waals surface area contributed by atoms with Gasteiger partial charge in [0.1, 0.15) is 16.8 Å². The van der Waals surface area contributed by atoms with Crippen LogP contribution in [-0.4, -0.2) is 16.3 Å². The topological polar surface area (TPSA) is 54.9 Å². The van der Waals surface area contributed by atoms with Gasteiger partial charge in [-0.1, -0.05) is 27.5 Å². The number of carbonyl (C=O) groups is 1. The summed E-state index contributed by atoms with van der Waals surface area (Å²) in [7, 11) is 0. The maximum Gasteiger partial charge on any atom is 0.156 e. The molecule has 0 fully saturated rings. The molecule has 1 aromatic carbocycles. The number of hydrogen-bond donors (Lipinski definition) is 1. The molecule has 0 radical (unpaired) electrons. The molecule has 0 bridgehead atoms. The Morgan fingerprint density at radius 1 is 1.28 bits per heavy atom. The molecule has 0 aliphatic rings. The van der Waals surface area contributed by atoms with Gasteiger partial charge in [0, 0.05) is 10.2 Å². The van der Waals surface area contributed by atoms with Crippen LogP contribution < -0.4 is 5.32 Å². The number of carbonyl (C=O) groups excluding carboxylic acids is 1. The summed E-state index contributed by atoms with van der Waals surface area (Å²) in [6, 6.07) is 7.51. The van der Waals surface area contributed by atoms with Crippen molar-refractivity contribution in [2.24, 2.45) is 0 Å². The Morgan fingerprint density at radius 2 is 1.94 bits per heavy atom. The third-order valence-corrected chi connectivity index (χ3v) is 3.05. The molecule has 1 aromatic heterocycles. The Hall–Kier alpha value is -1.46. The van der Waals surface area contributed by atoms with Gasteiger partial charge in [0.25, 0.3) is 0 Å². The summed E-state index contributed by atoms with van der Waals surface area (Å²) in [5.41, 5.74) is 1.07. The van der Waals surface area contributed by atoms with Gasteiger partial charge in [-0.25, -0.2) is 9.97 Å². The van der Waals surface area contributed by atoms with Crippen LogP contribution in [0.1, 0.15) is 16.2 Å². The van der Waals surface area contributed by atoms with Crippen molar-refractivity contribution in [1.29, 1.82) is 0 Å². The first-order chi connectivity index (χ1) is 8.60. The first kappa shape index (κ1) is 13.0. The maximum absolute atomic E-state index is 11.0. The molecule has 0 saturated carbocycles. The monoisotopic (exact) mass is 325 g/mol. The Balaban J connectivity index is 2.39. The number of hydrogen-bond acceptors (Lipinski definition) is 4. The van der Waals surface area contributed by atoms with Crippen molar-refractivity contribution in [3.63, 3.8) is 0 Å². The zero-order chi connectivity index (χ0) is 13.1. The van der Waals surface area contributed by atoms with Crippen molar-refractivity contribution in [1.82, 2.24) is 9.97 Å². The molecule has 0 saturated heterocycles. The Kier molecular flexibility index (Phi) is 3.93. The van der Waals surface area contributed by atoms with Crippen molar-refractivity contribution in [2.45, 2.75) is 6.92 Å². The van der Waals surface area contributed by atoms with E-state index in [1.54, 1.807) is 6.92 Å². The molecule has 92 valence electrons. The minimum atomic E-state index is 0.150. The summed E-state index contributed by atoms with van der Waals surface area (Å²) < 4.78 is 0.973. The molecule has 6 heteroatoms. The molecule has 0 unspecified atom stereocenters. The van der Waals surface area contributed by atoms with E-state index in [-0.39, 0.29) is 10.7 Å². The second kappa shape index (κ2) is 5.46. The van der Waals surface area contributed by atoms with Crippen LogP contribution in [0.5, 0.6) is 0 Å². The molecule has 0 aliphatic carbocycles. The zero-order valence-electron chi connectivity index (χ0n) is 9.45. The van der Waals surface area contributed by atoms with Gasteiger partial charge in [0.15, 0.2) is 6.29 Å². The standard InChI is InChI=1S/C12H9BrClN3O/c1-7-15-11(14)10(6-18)12(16-7)17-9-4-2-8(13)3-5-9/h2-6H,1H3,(H,15,16,17). The normalized spacial score (nSPS) is 10.2. The zero-order valence-corrected chi connectivity index (χ0v) is 11.8. The smallest absolute Gasteiger partial charge is 0.156 e. The largest absolute Gasteiger partial charge is 0.339 e. The third-order valence-electron chi connectivity index (χ3n) is 2.24. The van der Waals surface area contributed by atoms with Crippen molar-refractivity contribution >= 4 is 45.3 Å². The fourth-order valence-corrected chi connectivity index (χ4v) is 1.94. The van der Waals surface area contributed by atoms with Gasteiger partial charge in [-0.05, 0) is 31.2 Å². The van der Waals surface area contributed by atoms with Gasteiger partial charge in [0.2, 0.25) is 0 Å². The molecular formula is C12H9BrClN3O. The molecule has 1 N–H and O–H groups in total. The molecule has 0 atom stereocenters. The van der Waals surface area contributed by atoms with Gasteiger partial charge in [0.05, 0.1) is 5.56 Å². The molecule has 4 nitrogen and oxygen atoms in total. The first-order valence-electron chi connectivity index (χ1n) is 5.12. The molecule has 2 rings (SSSR count). The van der Waals surface area contributed by atoms with Crippen LogP contribution in [-0.2, 0) is 0 Å². The molecule has 0 amide bonds. The lowest BCUT2D eigenvalue weighted by atomic mass is 10.3. The summed E-state index contributed by atoms with van der Waals surface area (Å²) >= 11 is 9.25. The highest BCUT2D eigenvalue weighted by Gasteiger charge is 2.11. The minimum absolute atomic E-state index is 0.150. The van der Waals surface area contributed by atoms with Gasteiger partial charge in [-0.2, -0.15) is 0 Å². The van der Waals surface area contributed by atoms with E-state index in [1.807, 2.05) is 24.3 Å². The lowest BCUT2D eigenvalue weighted by molar-refractivity contribution is 0.112. The Bertz CT molecular complexity index is 587. The van der Waals surface area contributed by atoms with Crippen LogP contribution in [0.2, 0.25) is 5.15 Å². The SMILES string of the molecule is Cc1nc(Cl)c(C=O)c(Nc2ccc(Br)cc2)n1. The number of nitrogens with zero attached hydrogens (tertiary/aromatic N) is 2. The van der Waals surface area contributed by atoms with Gasteiger partial charge in [-0.3, -0.25) is 4.79 Å². The summed E-state index contributed by atoms with van der Waals surface area (Å²) in [5, 5.41) is 3.19. The molecule has 1 heterocycles. The van der Waals surface area contributed by atoms with E-state index >= 15 is 0 Å². The third kappa shape index (κ3) is 2.86. The quantitative estimate of drug-likeness (QED) is 0.689. The first-order valence-corrected chi connectivity index (χ1v) is 6.29. The van der Waals surface area contributed by atoms with Crippen LogP contribution in [0, 0.1) is 6.92 Å². The van der Waals surface area contributed by atoms with E-state index in [1.165, 1.54) is 0 Å². The summed E-state index contributed by atoms with van der Waals surface area (Å²) in [5.74, 6) is 0.912. The van der Waals surface area contributed by atoms with E-state index < -0.39 is 0 Å². The highest BCUT2D eigenvalue weighted by Crippen LogP contribution is 2.23. The number of benzene rings is 1. The highest BCUT2D eigenvalue weighted by molar-refractivity contribution is 9.10. The predicted octanol–water partition coefficient (Wildman–Crippen LogP) is 3.76. The summed E-state index contributed by atoms with van der Waals surface area (Å²) in [4.78, 5) is 19.1. The van der Waals surface area contributed by atoms with Gasteiger partial charge in [-0.15, -0.1) is 0 Å². The number of rotatable bonds is 3.